The molecule has 0 aliphatic carbocycles. The highest BCUT2D eigenvalue weighted by Crippen LogP contribution is 2.35. The second kappa shape index (κ2) is 11.1. The van der Waals surface area contributed by atoms with Crippen molar-refractivity contribution in [2.75, 3.05) is 0 Å². The van der Waals surface area contributed by atoms with E-state index in [9.17, 15) is 0 Å². The van der Waals surface area contributed by atoms with E-state index in [1.807, 2.05) is 13.8 Å². The van der Waals surface area contributed by atoms with Gasteiger partial charge >= 0.3 is 0 Å². The summed E-state index contributed by atoms with van der Waals surface area (Å²) in [5.41, 5.74) is 9.96. The van der Waals surface area contributed by atoms with Crippen LogP contribution in [0.1, 0.15) is 39.7 Å². The first-order valence-electron chi connectivity index (χ1n) is 12.7. The quantitative estimate of drug-likeness (QED) is 0.231. The molecule has 0 bridgehead atoms. The number of benzene rings is 4. The summed E-state index contributed by atoms with van der Waals surface area (Å²) in [6.07, 6.45) is 7.66. The molecule has 0 aliphatic heterocycles. The molecule has 0 N–H and O–H groups in total. The van der Waals surface area contributed by atoms with Crippen molar-refractivity contribution in [3.05, 3.63) is 115 Å². The maximum atomic E-state index is 2.38. The maximum Gasteiger partial charge on any atom is 0.0541 e. The molecule has 176 valence electrons. The summed E-state index contributed by atoms with van der Waals surface area (Å²) in [5, 5.41) is 2.57. The smallest absolute Gasteiger partial charge is 0.0541 e. The lowest BCUT2D eigenvalue weighted by atomic mass is 9.98. The number of hydrogen-bond acceptors (Lipinski definition) is 0. The van der Waals surface area contributed by atoms with Gasteiger partial charge in [0.1, 0.15) is 0 Å². The van der Waals surface area contributed by atoms with Gasteiger partial charge in [-0.2, -0.15) is 0 Å². The summed E-state index contributed by atoms with van der Waals surface area (Å²) in [6.45, 7) is 10.4. The minimum absolute atomic E-state index is 1.03. The van der Waals surface area contributed by atoms with Gasteiger partial charge in [-0.05, 0) is 66.8 Å². The predicted molar refractivity (Wildman–Crippen MR) is 156 cm³/mol. The fraction of sp³-hybridized carbons (Fsp3) is 0.176. The monoisotopic (exact) mass is 457 g/mol. The predicted octanol–water partition coefficient (Wildman–Crippen LogP) is 10.3. The summed E-state index contributed by atoms with van der Waals surface area (Å²) in [6, 6.07) is 33.2. The Bertz CT molecular complexity index is 1480. The van der Waals surface area contributed by atoms with Crippen molar-refractivity contribution in [3.8, 4) is 22.3 Å². The Balaban J connectivity index is 0.00000141. The van der Waals surface area contributed by atoms with Crippen LogP contribution >= 0.6 is 0 Å². The van der Waals surface area contributed by atoms with Crippen LogP contribution in [0.3, 0.4) is 0 Å². The third kappa shape index (κ3) is 4.86. The van der Waals surface area contributed by atoms with Crippen LogP contribution in [0.4, 0.5) is 0 Å². The lowest BCUT2D eigenvalue weighted by molar-refractivity contribution is 1.19. The van der Waals surface area contributed by atoms with E-state index in [0.29, 0.717) is 0 Å². The van der Waals surface area contributed by atoms with E-state index in [1.165, 1.54) is 55.3 Å². The minimum atomic E-state index is 1.03. The lowest BCUT2D eigenvalue weighted by Crippen LogP contribution is -1.94. The molecular formula is C34H35N. The summed E-state index contributed by atoms with van der Waals surface area (Å²) in [7, 11) is 0. The number of aromatic nitrogens is 1. The van der Waals surface area contributed by atoms with E-state index in [-0.39, 0.29) is 0 Å². The highest BCUT2D eigenvalue weighted by atomic mass is 15.0. The molecule has 1 heteroatoms. The molecular weight excluding hydrogens is 422 g/mol. The number of aryl methyl sites for hydroxylation is 1. The van der Waals surface area contributed by atoms with Gasteiger partial charge in [0.15, 0.2) is 0 Å². The summed E-state index contributed by atoms with van der Waals surface area (Å²) < 4.78 is 2.38. The van der Waals surface area contributed by atoms with Crippen molar-refractivity contribution < 1.29 is 0 Å². The summed E-state index contributed by atoms with van der Waals surface area (Å²) >= 11 is 0. The topological polar surface area (TPSA) is 4.93 Å². The summed E-state index contributed by atoms with van der Waals surface area (Å²) in [4.78, 5) is 0. The van der Waals surface area contributed by atoms with Crippen LogP contribution in [0.15, 0.2) is 109 Å². The zero-order chi connectivity index (χ0) is 24.8. The lowest BCUT2D eigenvalue weighted by Gasteiger charge is -2.09. The second-order valence-electron chi connectivity index (χ2n) is 8.55. The Morgan fingerprint density at radius 2 is 1.23 bits per heavy atom. The molecule has 0 spiro atoms. The molecule has 0 radical (unpaired) electrons. The largest absolute Gasteiger partial charge is 0.310 e. The van der Waals surface area contributed by atoms with Gasteiger partial charge in [0.05, 0.1) is 11.0 Å². The normalized spacial score (nSPS) is 11.7. The number of allylic oxidation sites excluding steroid dienone is 4. The minimum Gasteiger partial charge on any atom is -0.310 e. The van der Waals surface area contributed by atoms with Crippen LogP contribution in [0.25, 0.3) is 49.8 Å². The van der Waals surface area contributed by atoms with Crippen LogP contribution in [0, 0.1) is 6.92 Å². The van der Waals surface area contributed by atoms with E-state index in [4.69, 9.17) is 0 Å². The molecule has 1 aromatic heterocycles. The Hall–Kier alpha value is -3.84. The second-order valence-corrected chi connectivity index (χ2v) is 8.55. The van der Waals surface area contributed by atoms with Crippen molar-refractivity contribution in [1.82, 2.24) is 4.57 Å². The third-order valence-electron chi connectivity index (χ3n) is 6.35. The van der Waals surface area contributed by atoms with Gasteiger partial charge in [-0.15, -0.1) is 0 Å². The fourth-order valence-electron chi connectivity index (χ4n) is 4.57. The van der Waals surface area contributed by atoms with E-state index < -0.39 is 0 Å². The molecule has 0 saturated heterocycles. The van der Waals surface area contributed by atoms with Gasteiger partial charge in [0, 0.05) is 16.5 Å². The van der Waals surface area contributed by atoms with E-state index in [2.05, 4.69) is 135 Å². The van der Waals surface area contributed by atoms with Crippen LogP contribution in [0.2, 0.25) is 0 Å². The maximum absolute atomic E-state index is 2.38. The number of nitrogens with zero attached hydrogens (tertiary/aromatic N) is 1. The van der Waals surface area contributed by atoms with Gasteiger partial charge in [-0.25, -0.2) is 0 Å². The Morgan fingerprint density at radius 3 is 1.86 bits per heavy atom. The van der Waals surface area contributed by atoms with E-state index in [0.717, 1.165) is 6.42 Å². The first kappa shape index (κ1) is 24.3. The number of fused-ring (bicyclic) bond motifs is 3. The molecule has 4 aromatic carbocycles. The molecule has 35 heavy (non-hydrogen) atoms. The van der Waals surface area contributed by atoms with Gasteiger partial charge in [0.2, 0.25) is 0 Å². The Labute approximate surface area is 210 Å². The van der Waals surface area contributed by atoms with Gasteiger partial charge in [-0.1, -0.05) is 111 Å². The molecule has 0 aliphatic rings. The molecule has 0 unspecified atom stereocenters. The van der Waals surface area contributed by atoms with Crippen molar-refractivity contribution in [2.45, 2.75) is 41.0 Å². The first-order chi connectivity index (χ1) is 17.2. The Morgan fingerprint density at radius 1 is 0.686 bits per heavy atom. The van der Waals surface area contributed by atoms with Gasteiger partial charge in [0.25, 0.3) is 0 Å². The molecule has 5 aromatic rings. The number of para-hydroxylation sites is 1. The zero-order valence-electron chi connectivity index (χ0n) is 21.5. The van der Waals surface area contributed by atoms with Gasteiger partial charge < -0.3 is 4.57 Å². The number of rotatable bonds is 5. The molecule has 0 saturated carbocycles. The third-order valence-corrected chi connectivity index (χ3v) is 6.35. The average molecular weight is 458 g/mol. The van der Waals surface area contributed by atoms with Crippen LogP contribution in [-0.2, 0) is 0 Å². The van der Waals surface area contributed by atoms with Crippen molar-refractivity contribution in [2.24, 2.45) is 0 Å². The molecule has 5 rings (SSSR count). The van der Waals surface area contributed by atoms with E-state index >= 15 is 0 Å². The van der Waals surface area contributed by atoms with Crippen molar-refractivity contribution in [3.63, 3.8) is 0 Å². The SMILES string of the molecule is C/C=C(\C=C/CC)n1c2ccccc2c2cc(-c3ccc(-c4ccc(C)cc4)cc3)ccc21.CC. The van der Waals surface area contributed by atoms with Gasteiger partial charge in [-0.3, -0.25) is 0 Å². The standard InChI is InChI=1S/C32H29N.C2H6/c1-4-6-9-28(5-2)33-31-11-8-7-10-29(31)30-22-27(20-21-32(30)33)26-18-16-25(17-19-26)24-14-12-23(3)13-15-24;1-2/h5-22H,4H2,1-3H3;1-2H3/b9-6-,28-5+;. The van der Waals surface area contributed by atoms with Crippen molar-refractivity contribution >= 4 is 27.5 Å². The van der Waals surface area contributed by atoms with Crippen LogP contribution < -0.4 is 0 Å². The highest BCUT2D eigenvalue weighted by molar-refractivity contribution is 6.11. The molecule has 0 fully saturated rings. The molecule has 1 nitrogen and oxygen atoms in total. The van der Waals surface area contributed by atoms with Crippen LogP contribution in [0.5, 0.6) is 0 Å². The van der Waals surface area contributed by atoms with E-state index in [1.54, 1.807) is 0 Å². The van der Waals surface area contributed by atoms with Crippen molar-refractivity contribution in [1.29, 1.82) is 0 Å². The molecule has 0 atom stereocenters. The zero-order valence-corrected chi connectivity index (χ0v) is 21.5. The highest BCUT2D eigenvalue weighted by Gasteiger charge is 2.13. The summed E-state index contributed by atoms with van der Waals surface area (Å²) in [5.74, 6) is 0. The first-order valence-corrected chi connectivity index (χ1v) is 12.7. The molecule has 0 amide bonds. The average Bonchev–Trinajstić information content (AvgIpc) is 3.25. The van der Waals surface area contributed by atoms with Crippen LogP contribution in [-0.4, -0.2) is 4.57 Å². The number of hydrogen-bond donors (Lipinski definition) is 0. The Kier molecular flexibility index (Phi) is 7.67. The fourth-order valence-corrected chi connectivity index (χ4v) is 4.57. The molecule has 1 heterocycles.